The Hall–Kier alpha value is -3.39. The molecule has 0 amide bonds. The highest BCUT2D eigenvalue weighted by Crippen LogP contribution is 2.53. The summed E-state index contributed by atoms with van der Waals surface area (Å²) in [5.41, 5.74) is 8.10. The molecule has 0 aliphatic carbocycles. The van der Waals surface area contributed by atoms with E-state index >= 15 is 0 Å². The summed E-state index contributed by atoms with van der Waals surface area (Å²) in [4.78, 5) is 0. The number of rotatable bonds is 3. The molecule has 0 fully saturated rings. The molecule has 0 radical (unpaired) electrons. The maximum atomic E-state index is 7.09. The van der Waals surface area contributed by atoms with Gasteiger partial charge in [-0.05, 0) is 80.8 Å². The molecule has 1 aliphatic rings. The number of hydrogen-bond donors (Lipinski definition) is 0. The SMILES string of the molecule is Cc1c2c(c(CC(C)(C)C)c3ccc(CC(C)C)cc13)Oc1cc3cccc(C(C)(C)C)c3c3cc[n+](C)c-2c13. The van der Waals surface area contributed by atoms with E-state index < -0.39 is 0 Å². The Balaban J connectivity index is 1.78. The quantitative estimate of drug-likeness (QED) is 0.164. The highest BCUT2D eigenvalue weighted by molar-refractivity contribution is 6.17. The third-order valence-electron chi connectivity index (χ3n) is 8.52. The predicted molar refractivity (Wildman–Crippen MR) is 171 cm³/mol. The maximum absolute atomic E-state index is 7.09. The molecule has 40 heavy (non-hydrogen) atoms. The Labute approximate surface area is 240 Å². The van der Waals surface area contributed by atoms with E-state index in [2.05, 4.69) is 129 Å². The molecule has 1 aromatic heterocycles. The largest absolute Gasteiger partial charge is 0.455 e. The standard InChI is InChI=1S/C38H44NO/c1-22(2)18-24-14-15-26-28(19-24)23(3)32-35-34-27(16-17-39(35)10)33-25(12-11-13-30(33)38(7,8)9)20-31(34)40-36(32)29(26)21-37(4,5)6/h11-17,19-20,22H,18,21H2,1-10H3/q+1. The van der Waals surface area contributed by atoms with E-state index in [1.807, 2.05) is 0 Å². The molecule has 0 atom stereocenters. The Morgan fingerprint density at radius 2 is 1.60 bits per heavy atom. The van der Waals surface area contributed by atoms with Gasteiger partial charge in [-0.15, -0.1) is 0 Å². The lowest BCUT2D eigenvalue weighted by molar-refractivity contribution is -0.659. The zero-order chi connectivity index (χ0) is 28.7. The zero-order valence-corrected chi connectivity index (χ0v) is 26.0. The van der Waals surface area contributed by atoms with Crippen molar-refractivity contribution >= 4 is 32.3 Å². The van der Waals surface area contributed by atoms with Gasteiger partial charge in [-0.3, -0.25) is 0 Å². The molecule has 0 unspecified atom stereocenters. The summed E-state index contributed by atoms with van der Waals surface area (Å²) >= 11 is 0. The van der Waals surface area contributed by atoms with Crippen LogP contribution in [0.2, 0.25) is 0 Å². The average molecular weight is 531 g/mol. The van der Waals surface area contributed by atoms with Gasteiger partial charge in [-0.25, -0.2) is 4.57 Å². The first-order valence-corrected chi connectivity index (χ1v) is 14.9. The van der Waals surface area contributed by atoms with E-state index in [1.54, 1.807) is 0 Å². The van der Waals surface area contributed by atoms with Gasteiger partial charge in [0.1, 0.15) is 18.5 Å². The van der Waals surface area contributed by atoms with Crippen molar-refractivity contribution in [3.05, 3.63) is 77.0 Å². The molecule has 1 aliphatic heterocycles. The van der Waals surface area contributed by atoms with Crippen LogP contribution < -0.4 is 9.30 Å². The lowest BCUT2D eigenvalue weighted by atomic mass is 9.80. The fourth-order valence-corrected chi connectivity index (χ4v) is 6.87. The van der Waals surface area contributed by atoms with Crippen LogP contribution in [0.15, 0.2) is 54.7 Å². The number of hydrogen-bond acceptors (Lipinski definition) is 1. The molecule has 6 rings (SSSR count). The summed E-state index contributed by atoms with van der Waals surface area (Å²) < 4.78 is 9.40. The fraction of sp³-hybridized carbons (Fsp3) is 0.395. The Kier molecular flexibility index (Phi) is 6.07. The molecule has 2 heteroatoms. The average Bonchev–Trinajstić information content (AvgIpc) is 2.85. The molecule has 0 bridgehead atoms. The third kappa shape index (κ3) is 4.28. The topological polar surface area (TPSA) is 13.1 Å². The minimum Gasteiger partial charge on any atom is -0.455 e. The summed E-state index contributed by atoms with van der Waals surface area (Å²) in [5, 5.41) is 7.78. The van der Waals surface area contributed by atoms with Gasteiger partial charge >= 0.3 is 0 Å². The summed E-state index contributed by atoms with van der Waals surface area (Å²) in [6, 6.07) is 18.4. The van der Waals surface area contributed by atoms with Gasteiger partial charge in [0, 0.05) is 17.0 Å². The monoisotopic (exact) mass is 530 g/mol. The van der Waals surface area contributed by atoms with Crippen molar-refractivity contribution < 1.29 is 9.30 Å². The first kappa shape index (κ1) is 26.8. The second-order valence-electron chi connectivity index (χ2n) is 14.7. The number of ether oxygens (including phenoxy) is 1. The number of benzene rings is 4. The van der Waals surface area contributed by atoms with Crippen molar-refractivity contribution in [2.24, 2.45) is 18.4 Å². The second kappa shape index (κ2) is 9.06. The molecule has 206 valence electrons. The molecule has 2 nitrogen and oxygen atoms in total. The van der Waals surface area contributed by atoms with Crippen LogP contribution >= 0.6 is 0 Å². The number of fused-ring (bicyclic) bond motifs is 5. The molecule has 4 aromatic carbocycles. The van der Waals surface area contributed by atoms with Gasteiger partial charge in [-0.2, -0.15) is 0 Å². The molecule has 0 saturated heterocycles. The van der Waals surface area contributed by atoms with E-state index in [1.165, 1.54) is 65.8 Å². The molecular formula is C38H44NO+. The number of aromatic nitrogens is 1. The Bertz CT molecular complexity index is 1830. The summed E-state index contributed by atoms with van der Waals surface area (Å²) in [5.74, 6) is 2.63. The zero-order valence-electron chi connectivity index (χ0n) is 26.0. The Morgan fingerprint density at radius 1 is 0.850 bits per heavy atom. The van der Waals surface area contributed by atoms with Crippen molar-refractivity contribution in [1.82, 2.24) is 0 Å². The van der Waals surface area contributed by atoms with Crippen molar-refractivity contribution in [3.8, 4) is 22.8 Å². The second-order valence-corrected chi connectivity index (χ2v) is 14.7. The fourth-order valence-electron chi connectivity index (χ4n) is 6.87. The van der Waals surface area contributed by atoms with E-state index in [0.717, 1.165) is 24.3 Å². The van der Waals surface area contributed by atoms with Gasteiger partial charge in [-0.1, -0.05) is 91.8 Å². The van der Waals surface area contributed by atoms with Crippen LogP contribution in [0.5, 0.6) is 11.5 Å². The van der Waals surface area contributed by atoms with E-state index in [0.29, 0.717) is 5.92 Å². The number of aryl methyl sites for hydroxylation is 2. The molecule has 5 aromatic rings. The summed E-state index contributed by atoms with van der Waals surface area (Å²) in [6.45, 7) is 20.8. The van der Waals surface area contributed by atoms with Crippen LogP contribution in [-0.4, -0.2) is 0 Å². The van der Waals surface area contributed by atoms with Crippen molar-refractivity contribution in [2.75, 3.05) is 0 Å². The Morgan fingerprint density at radius 3 is 2.27 bits per heavy atom. The summed E-state index contributed by atoms with van der Waals surface area (Å²) in [7, 11) is 2.19. The van der Waals surface area contributed by atoms with Crippen LogP contribution in [-0.2, 0) is 25.3 Å². The normalized spacial score (nSPS) is 13.4. The number of nitrogens with zero attached hydrogens (tertiary/aromatic N) is 1. The van der Waals surface area contributed by atoms with Crippen LogP contribution in [0, 0.1) is 18.3 Å². The minimum absolute atomic E-state index is 0.0356. The van der Waals surface area contributed by atoms with Gasteiger partial charge in [0.2, 0.25) is 5.69 Å². The smallest absolute Gasteiger partial charge is 0.228 e. The van der Waals surface area contributed by atoms with Crippen molar-refractivity contribution in [1.29, 1.82) is 0 Å². The van der Waals surface area contributed by atoms with Gasteiger partial charge in [0.05, 0.1) is 10.9 Å². The predicted octanol–water partition coefficient (Wildman–Crippen LogP) is 10.1. The first-order valence-electron chi connectivity index (χ1n) is 14.9. The maximum Gasteiger partial charge on any atom is 0.228 e. The van der Waals surface area contributed by atoms with Crippen LogP contribution in [0.25, 0.3) is 43.6 Å². The van der Waals surface area contributed by atoms with Gasteiger partial charge < -0.3 is 4.74 Å². The van der Waals surface area contributed by atoms with Crippen LogP contribution in [0.4, 0.5) is 0 Å². The summed E-state index contributed by atoms with van der Waals surface area (Å²) in [6.07, 6.45) is 4.29. The minimum atomic E-state index is 0.0356. The molecule has 0 spiro atoms. The van der Waals surface area contributed by atoms with E-state index in [9.17, 15) is 0 Å². The highest BCUT2D eigenvalue weighted by atomic mass is 16.5. The lowest BCUT2D eigenvalue weighted by Crippen LogP contribution is -2.32. The highest BCUT2D eigenvalue weighted by Gasteiger charge is 2.35. The molecule has 2 heterocycles. The molecular weight excluding hydrogens is 486 g/mol. The molecule has 0 saturated carbocycles. The van der Waals surface area contributed by atoms with Crippen molar-refractivity contribution in [2.45, 2.75) is 80.6 Å². The van der Waals surface area contributed by atoms with Gasteiger partial charge in [0.15, 0.2) is 6.20 Å². The van der Waals surface area contributed by atoms with Gasteiger partial charge in [0.25, 0.3) is 0 Å². The third-order valence-corrected chi connectivity index (χ3v) is 8.52. The van der Waals surface area contributed by atoms with E-state index in [4.69, 9.17) is 4.74 Å². The number of pyridine rings is 1. The molecule has 0 N–H and O–H groups in total. The van der Waals surface area contributed by atoms with Crippen LogP contribution in [0.3, 0.4) is 0 Å². The van der Waals surface area contributed by atoms with Crippen LogP contribution in [0.1, 0.15) is 77.6 Å². The van der Waals surface area contributed by atoms with E-state index in [-0.39, 0.29) is 10.8 Å². The lowest BCUT2D eigenvalue weighted by Gasteiger charge is -2.29. The first-order chi connectivity index (χ1) is 18.7. The van der Waals surface area contributed by atoms with Crippen molar-refractivity contribution in [3.63, 3.8) is 0 Å².